The fraction of sp³-hybridized carbons (Fsp3) is 0.462. The van der Waals surface area contributed by atoms with E-state index in [0.29, 0.717) is 5.88 Å². The van der Waals surface area contributed by atoms with E-state index in [9.17, 15) is 0 Å². The zero-order valence-electron chi connectivity index (χ0n) is 10.7. The molecule has 18 heavy (non-hydrogen) atoms. The van der Waals surface area contributed by atoms with Gasteiger partial charge in [-0.15, -0.1) is 16.7 Å². The van der Waals surface area contributed by atoms with Crippen LogP contribution in [0.2, 0.25) is 0 Å². The highest BCUT2D eigenvalue weighted by Gasteiger charge is 2.24. The maximum absolute atomic E-state index is 5.83. The summed E-state index contributed by atoms with van der Waals surface area (Å²) in [5.74, 6) is 1.05. The van der Waals surface area contributed by atoms with Crippen molar-refractivity contribution in [1.29, 1.82) is 0 Å². The molecule has 5 heteroatoms. The molecule has 0 aliphatic rings. The first kappa shape index (κ1) is 13.0. The highest BCUT2D eigenvalue weighted by molar-refractivity contribution is 6.16. The van der Waals surface area contributed by atoms with Crippen molar-refractivity contribution in [2.75, 3.05) is 0 Å². The van der Waals surface area contributed by atoms with E-state index in [1.54, 1.807) is 0 Å². The summed E-state index contributed by atoms with van der Waals surface area (Å²) in [6.45, 7) is 4.25. The molecular formula is C13H17ClN4. The second kappa shape index (κ2) is 5.48. The third-order valence-corrected chi connectivity index (χ3v) is 3.33. The van der Waals surface area contributed by atoms with E-state index in [4.69, 9.17) is 11.6 Å². The Hall–Kier alpha value is -1.42. The number of halogens is 1. The monoisotopic (exact) mass is 264 g/mol. The van der Waals surface area contributed by atoms with Gasteiger partial charge in [0.15, 0.2) is 5.82 Å². The maximum atomic E-state index is 5.83. The van der Waals surface area contributed by atoms with Crippen LogP contribution in [0.1, 0.15) is 31.7 Å². The summed E-state index contributed by atoms with van der Waals surface area (Å²) in [5.41, 5.74) is 1.19. The lowest BCUT2D eigenvalue weighted by atomic mass is 9.95. The summed E-state index contributed by atoms with van der Waals surface area (Å²) in [6.07, 6.45) is 1.96. The number of hydrogen-bond donors (Lipinski definition) is 0. The van der Waals surface area contributed by atoms with Crippen molar-refractivity contribution in [3.05, 3.63) is 41.7 Å². The van der Waals surface area contributed by atoms with Gasteiger partial charge in [-0.05, 0) is 42.7 Å². The molecule has 0 N–H and O–H groups in total. The summed E-state index contributed by atoms with van der Waals surface area (Å²) >= 11 is 5.83. The molecule has 0 saturated carbocycles. The van der Waals surface area contributed by atoms with Gasteiger partial charge in [0.2, 0.25) is 0 Å². The molecule has 1 heterocycles. The predicted octanol–water partition coefficient (Wildman–Crippen LogP) is 2.78. The number of rotatable bonds is 5. The molecule has 0 aliphatic heterocycles. The van der Waals surface area contributed by atoms with E-state index in [1.807, 2.05) is 10.7 Å². The van der Waals surface area contributed by atoms with Crippen molar-refractivity contribution < 1.29 is 0 Å². The van der Waals surface area contributed by atoms with Crippen LogP contribution < -0.4 is 0 Å². The molecule has 0 radical (unpaired) electrons. The van der Waals surface area contributed by atoms with Crippen molar-refractivity contribution in [3.8, 4) is 0 Å². The average molecular weight is 265 g/mol. The molecule has 2 rings (SSSR count). The Morgan fingerprint density at radius 2 is 1.94 bits per heavy atom. The Labute approximate surface area is 112 Å². The quantitative estimate of drug-likeness (QED) is 0.780. The summed E-state index contributed by atoms with van der Waals surface area (Å²) < 4.78 is 1.82. The molecule has 1 aromatic heterocycles. The van der Waals surface area contributed by atoms with Gasteiger partial charge >= 0.3 is 0 Å². The molecule has 0 unspecified atom stereocenters. The molecule has 0 saturated heterocycles. The number of nitrogens with zero attached hydrogens (tertiary/aromatic N) is 4. The Morgan fingerprint density at radius 1 is 1.22 bits per heavy atom. The van der Waals surface area contributed by atoms with E-state index < -0.39 is 0 Å². The minimum absolute atomic E-state index is 0.135. The van der Waals surface area contributed by atoms with Gasteiger partial charge in [-0.3, -0.25) is 0 Å². The van der Waals surface area contributed by atoms with E-state index in [0.717, 1.165) is 18.7 Å². The predicted molar refractivity (Wildman–Crippen MR) is 71.5 cm³/mol. The fourth-order valence-electron chi connectivity index (χ4n) is 1.96. The van der Waals surface area contributed by atoms with Crippen LogP contribution in [0.4, 0.5) is 0 Å². The fourth-order valence-corrected chi connectivity index (χ4v) is 2.13. The van der Waals surface area contributed by atoms with Crippen LogP contribution in [-0.2, 0) is 17.8 Å². The number of hydrogen-bond acceptors (Lipinski definition) is 3. The average Bonchev–Trinajstić information content (AvgIpc) is 2.87. The van der Waals surface area contributed by atoms with Crippen LogP contribution in [0.3, 0.4) is 0 Å². The van der Waals surface area contributed by atoms with Gasteiger partial charge < -0.3 is 0 Å². The van der Waals surface area contributed by atoms with Gasteiger partial charge in [0.1, 0.15) is 0 Å². The Balaban J connectivity index is 2.08. The highest BCUT2D eigenvalue weighted by atomic mass is 35.5. The first-order valence-corrected chi connectivity index (χ1v) is 6.54. The van der Waals surface area contributed by atoms with Gasteiger partial charge in [-0.1, -0.05) is 30.3 Å². The minimum atomic E-state index is -0.135. The van der Waals surface area contributed by atoms with Crippen molar-refractivity contribution in [2.45, 2.75) is 38.1 Å². The first-order valence-electron chi connectivity index (χ1n) is 6.01. The van der Waals surface area contributed by atoms with Gasteiger partial charge in [0.05, 0.1) is 11.4 Å². The SMILES string of the molecule is CC(C)(CCc1ccccc1)n1nnnc1CCl. The maximum Gasteiger partial charge on any atom is 0.166 e. The molecule has 96 valence electrons. The van der Waals surface area contributed by atoms with Crippen LogP contribution >= 0.6 is 11.6 Å². The molecule has 0 spiro atoms. The zero-order chi connectivity index (χ0) is 13.0. The first-order chi connectivity index (χ1) is 8.63. The van der Waals surface area contributed by atoms with Crippen molar-refractivity contribution in [3.63, 3.8) is 0 Å². The number of tetrazole rings is 1. The van der Waals surface area contributed by atoms with Crippen LogP contribution in [-0.4, -0.2) is 20.2 Å². The van der Waals surface area contributed by atoms with Crippen molar-refractivity contribution >= 4 is 11.6 Å². The minimum Gasteiger partial charge on any atom is -0.223 e. The molecular weight excluding hydrogens is 248 g/mol. The summed E-state index contributed by atoms with van der Waals surface area (Å²) in [7, 11) is 0. The van der Waals surface area contributed by atoms with Crippen LogP contribution in [0.15, 0.2) is 30.3 Å². The number of benzene rings is 1. The number of aryl methyl sites for hydroxylation is 1. The number of aromatic nitrogens is 4. The molecule has 0 fully saturated rings. The topological polar surface area (TPSA) is 43.6 Å². The van der Waals surface area contributed by atoms with Crippen molar-refractivity contribution in [1.82, 2.24) is 20.2 Å². The molecule has 0 aliphatic carbocycles. The van der Waals surface area contributed by atoms with Crippen LogP contribution in [0.5, 0.6) is 0 Å². The van der Waals surface area contributed by atoms with Crippen LogP contribution in [0, 0.1) is 0 Å². The van der Waals surface area contributed by atoms with Gasteiger partial charge in [0.25, 0.3) is 0 Å². The smallest absolute Gasteiger partial charge is 0.166 e. The largest absolute Gasteiger partial charge is 0.223 e. The Kier molecular flexibility index (Phi) is 3.97. The molecule has 0 bridgehead atoms. The van der Waals surface area contributed by atoms with Gasteiger partial charge in [-0.2, -0.15) is 0 Å². The van der Waals surface area contributed by atoms with Gasteiger partial charge in [0, 0.05) is 0 Å². The highest BCUT2D eigenvalue weighted by Crippen LogP contribution is 2.22. The number of alkyl halides is 1. The molecule has 1 aromatic carbocycles. The van der Waals surface area contributed by atoms with Crippen molar-refractivity contribution in [2.24, 2.45) is 0 Å². The summed E-state index contributed by atoms with van der Waals surface area (Å²) in [4.78, 5) is 0. The molecule has 0 atom stereocenters. The Bertz CT molecular complexity index is 493. The Morgan fingerprint density at radius 3 is 2.61 bits per heavy atom. The molecule has 2 aromatic rings. The van der Waals surface area contributed by atoms with Crippen LogP contribution in [0.25, 0.3) is 0 Å². The van der Waals surface area contributed by atoms with E-state index in [-0.39, 0.29) is 5.54 Å². The second-order valence-corrected chi connectivity index (χ2v) is 5.21. The third kappa shape index (κ3) is 2.88. The van der Waals surface area contributed by atoms with Gasteiger partial charge in [-0.25, -0.2) is 4.68 Å². The lowest BCUT2D eigenvalue weighted by Gasteiger charge is -2.25. The summed E-state index contributed by atoms with van der Waals surface area (Å²) in [5, 5.41) is 11.7. The van der Waals surface area contributed by atoms with E-state index in [2.05, 4.69) is 53.6 Å². The standard InChI is InChI=1S/C13H17ClN4/c1-13(2,18-12(10-14)15-16-17-18)9-8-11-6-4-3-5-7-11/h3-7H,8-10H2,1-2H3. The third-order valence-electron chi connectivity index (χ3n) is 3.10. The molecule has 4 nitrogen and oxygen atoms in total. The van der Waals surface area contributed by atoms with E-state index in [1.165, 1.54) is 5.56 Å². The van der Waals surface area contributed by atoms with E-state index >= 15 is 0 Å². The summed E-state index contributed by atoms with van der Waals surface area (Å²) in [6, 6.07) is 10.4. The zero-order valence-corrected chi connectivity index (χ0v) is 11.4. The lowest BCUT2D eigenvalue weighted by Crippen LogP contribution is -2.30. The normalized spacial score (nSPS) is 11.7. The second-order valence-electron chi connectivity index (χ2n) is 4.94. The molecule has 0 amide bonds. The lowest BCUT2D eigenvalue weighted by molar-refractivity contribution is 0.282.